The molecule has 90 valence electrons. The number of benzene rings is 1. The van der Waals surface area contributed by atoms with E-state index in [9.17, 15) is 13.2 Å². The molecule has 0 spiro atoms. The van der Waals surface area contributed by atoms with Crippen molar-refractivity contribution < 1.29 is 17.9 Å². The van der Waals surface area contributed by atoms with Crippen LogP contribution in [-0.2, 0) is 0 Å². The van der Waals surface area contributed by atoms with Crippen molar-refractivity contribution in [1.82, 2.24) is 0 Å². The second-order valence-electron chi connectivity index (χ2n) is 2.90. The van der Waals surface area contributed by atoms with Crippen LogP contribution >= 0.6 is 0 Å². The van der Waals surface area contributed by atoms with Crippen LogP contribution in [0.2, 0.25) is 0 Å². The predicted molar refractivity (Wildman–Crippen MR) is 56.2 cm³/mol. The summed E-state index contributed by atoms with van der Waals surface area (Å²) in [6.07, 6.45) is -1.89. The first kappa shape index (κ1) is 12.9. The van der Waals surface area contributed by atoms with Gasteiger partial charge in [0.1, 0.15) is 5.75 Å². The lowest BCUT2D eigenvalue weighted by Gasteiger charge is -2.10. The van der Waals surface area contributed by atoms with E-state index in [2.05, 4.69) is 14.8 Å². The van der Waals surface area contributed by atoms with E-state index in [0.717, 1.165) is 0 Å². The predicted octanol–water partition coefficient (Wildman–Crippen LogP) is 3.91. The molecule has 0 bridgehead atoms. The van der Waals surface area contributed by atoms with Gasteiger partial charge in [-0.2, -0.15) is 0 Å². The highest BCUT2D eigenvalue weighted by Gasteiger charge is 2.31. The van der Waals surface area contributed by atoms with Crippen LogP contribution in [0.1, 0.15) is 5.56 Å². The highest BCUT2D eigenvalue weighted by atomic mass is 19.4. The lowest BCUT2D eigenvalue weighted by atomic mass is 10.2. The standard InChI is InChI=1S/C10H8F3N3O/c11-10(12,13)17-9-6-2-1-4-8(9)5-3-7-15-16-14/h1-6H,7H2. The maximum Gasteiger partial charge on any atom is 0.573 e. The van der Waals surface area contributed by atoms with Gasteiger partial charge in [-0.3, -0.25) is 0 Å². The second-order valence-corrected chi connectivity index (χ2v) is 2.90. The number of alkyl halides is 3. The molecular weight excluding hydrogens is 235 g/mol. The maximum atomic E-state index is 12.1. The first-order valence-corrected chi connectivity index (χ1v) is 4.55. The summed E-state index contributed by atoms with van der Waals surface area (Å²) >= 11 is 0. The van der Waals surface area contributed by atoms with Crippen molar-refractivity contribution in [3.8, 4) is 5.75 Å². The van der Waals surface area contributed by atoms with Gasteiger partial charge in [0, 0.05) is 17.0 Å². The Balaban J connectivity index is 2.84. The van der Waals surface area contributed by atoms with Gasteiger partial charge in [-0.05, 0) is 11.6 Å². The summed E-state index contributed by atoms with van der Waals surface area (Å²) in [7, 11) is 0. The number of hydrogen-bond acceptors (Lipinski definition) is 2. The van der Waals surface area contributed by atoms with Crippen molar-refractivity contribution >= 4 is 6.08 Å². The molecule has 0 saturated carbocycles. The molecule has 0 radical (unpaired) electrons. The Hall–Kier alpha value is -2.14. The molecule has 17 heavy (non-hydrogen) atoms. The van der Waals surface area contributed by atoms with E-state index in [4.69, 9.17) is 5.53 Å². The van der Waals surface area contributed by atoms with Gasteiger partial charge in [-0.25, -0.2) is 0 Å². The molecule has 0 unspecified atom stereocenters. The molecule has 0 aliphatic heterocycles. The quantitative estimate of drug-likeness (QED) is 0.449. The Kier molecular flexibility index (Phi) is 4.42. The van der Waals surface area contributed by atoms with E-state index in [1.165, 1.54) is 30.4 Å². The van der Waals surface area contributed by atoms with Gasteiger partial charge in [-0.15, -0.1) is 13.2 Å². The van der Waals surface area contributed by atoms with Crippen LogP contribution in [-0.4, -0.2) is 12.9 Å². The largest absolute Gasteiger partial charge is 0.573 e. The first-order chi connectivity index (χ1) is 8.03. The van der Waals surface area contributed by atoms with E-state index in [-0.39, 0.29) is 17.9 Å². The molecule has 0 amide bonds. The third kappa shape index (κ3) is 4.94. The van der Waals surface area contributed by atoms with E-state index in [1.54, 1.807) is 6.07 Å². The average molecular weight is 243 g/mol. The molecule has 1 rings (SSSR count). The Morgan fingerprint density at radius 1 is 1.35 bits per heavy atom. The average Bonchev–Trinajstić information content (AvgIpc) is 2.24. The molecule has 1 aromatic carbocycles. The normalized spacial score (nSPS) is 11.2. The van der Waals surface area contributed by atoms with Gasteiger partial charge in [-0.1, -0.05) is 35.5 Å². The Morgan fingerprint density at radius 2 is 2.06 bits per heavy atom. The summed E-state index contributed by atoms with van der Waals surface area (Å²) in [5.74, 6) is -0.294. The van der Waals surface area contributed by atoms with Crippen molar-refractivity contribution in [2.75, 3.05) is 6.54 Å². The fraction of sp³-hybridized carbons (Fsp3) is 0.200. The summed E-state index contributed by atoms with van der Waals surface area (Å²) in [5, 5.41) is 3.22. The highest BCUT2D eigenvalue weighted by molar-refractivity contribution is 5.57. The zero-order valence-corrected chi connectivity index (χ0v) is 8.55. The zero-order valence-electron chi connectivity index (χ0n) is 8.55. The van der Waals surface area contributed by atoms with Gasteiger partial charge in [0.05, 0.1) is 0 Å². The number of halogens is 3. The number of nitrogens with zero attached hydrogens (tertiary/aromatic N) is 3. The minimum Gasteiger partial charge on any atom is -0.405 e. The highest BCUT2D eigenvalue weighted by Crippen LogP contribution is 2.26. The van der Waals surface area contributed by atoms with E-state index < -0.39 is 6.36 Å². The molecule has 0 N–H and O–H groups in total. The van der Waals surface area contributed by atoms with Crippen LogP contribution < -0.4 is 4.74 Å². The summed E-state index contributed by atoms with van der Waals surface area (Å²) in [4.78, 5) is 2.51. The fourth-order valence-corrected chi connectivity index (χ4v) is 1.10. The SMILES string of the molecule is [N-]=[N+]=NCC=Cc1ccccc1OC(F)(F)F. The molecule has 0 heterocycles. The molecule has 0 aliphatic carbocycles. The van der Waals surface area contributed by atoms with Crippen molar-refractivity contribution in [2.24, 2.45) is 5.11 Å². The smallest absolute Gasteiger partial charge is 0.405 e. The maximum absolute atomic E-state index is 12.1. The molecule has 7 heteroatoms. The monoisotopic (exact) mass is 243 g/mol. The minimum atomic E-state index is -4.73. The molecule has 0 aromatic heterocycles. The summed E-state index contributed by atoms with van der Waals surface area (Å²) < 4.78 is 40.0. The molecule has 0 saturated heterocycles. The Bertz CT molecular complexity index is 450. The van der Waals surface area contributed by atoms with Crippen LogP contribution in [0.5, 0.6) is 5.75 Å². The molecule has 0 aliphatic rings. The van der Waals surface area contributed by atoms with Gasteiger partial charge in [0.2, 0.25) is 0 Å². The lowest BCUT2D eigenvalue weighted by Crippen LogP contribution is -2.17. The number of rotatable bonds is 4. The van der Waals surface area contributed by atoms with Gasteiger partial charge in [0.25, 0.3) is 0 Å². The van der Waals surface area contributed by atoms with Crippen LogP contribution in [0.4, 0.5) is 13.2 Å². The van der Waals surface area contributed by atoms with Crippen molar-refractivity contribution in [1.29, 1.82) is 0 Å². The van der Waals surface area contributed by atoms with Gasteiger partial charge in [0.15, 0.2) is 0 Å². The number of azide groups is 1. The number of hydrogen-bond donors (Lipinski definition) is 0. The zero-order chi connectivity index (χ0) is 12.7. The van der Waals surface area contributed by atoms with Crippen LogP contribution in [0.3, 0.4) is 0 Å². The van der Waals surface area contributed by atoms with Crippen molar-refractivity contribution in [3.05, 3.63) is 46.3 Å². The molecule has 1 aromatic rings. The van der Waals surface area contributed by atoms with Crippen molar-refractivity contribution in [2.45, 2.75) is 6.36 Å². The third-order valence-electron chi connectivity index (χ3n) is 1.69. The molecule has 0 atom stereocenters. The lowest BCUT2D eigenvalue weighted by molar-refractivity contribution is -0.274. The number of ether oxygens (including phenoxy) is 1. The van der Waals surface area contributed by atoms with Gasteiger partial charge < -0.3 is 4.74 Å². The fourth-order valence-electron chi connectivity index (χ4n) is 1.10. The Morgan fingerprint density at radius 3 is 2.71 bits per heavy atom. The summed E-state index contributed by atoms with van der Waals surface area (Å²) in [6.45, 7) is 0.0663. The number of para-hydroxylation sites is 1. The second kappa shape index (κ2) is 5.81. The van der Waals surface area contributed by atoms with Crippen LogP contribution in [0.15, 0.2) is 35.5 Å². The topological polar surface area (TPSA) is 58.0 Å². The van der Waals surface area contributed by atoms with Gasteiger partial charge >= 0.3 is 6.36 Å². The minimum absolute atomic E-state index is 0.0663. The van der Waals surface area contributed by atoms with Crippen LogP contribution in [0.25, 0.3) is 16.5 Å². The molecular formula is C10H8F3N3O. The Labute approximate surface area is 94.9 Å². The summed E-state index contributed by atoms with van der Waals surface area (Å²) in [5.41, 5.74) is 8.28. The van der Waals surface area contributed by atoms with E-state index in [0.29, 0.717) is 0 Å². The van der Waals surface area contributed by atoms with Crippen LogP contribution in [0, 0.1) is 0 Å². The first-order valence-electron chi connectivity index (χ1n) is 4.55. The summed E-state index contributed by atoms with van der Waals surface area (Å²) in [6, 6.07) is 5.69. The van der Waals surface area contributed by atoms with Crippen molar-refractivity contribution in [3.63, 3.8) is 0 Å². The third-order valence-corrected chi connectivity index (χ3v) is 1.69. The van der Waals surface area contributed by atoms with E-state index >= 15 is 0 Å². The molecule has 4 nitrogen and oxygen atoms in total. The molecule has 0 fully saturated rings. The van der Waals surface area contributed by atoms with E-state index in [1.807, 2.05) is 0 Å².